The summed E-state index contributed by atoms with van der Waals surface area (Å²) in [6.45, 7) is 10.3. The highest BCUT2D eigenvalue weighted by atomic mass is 16.5. The standard InChI is InChI=1S/C20H33N3O2/c1-20(2,3)18-13-17(22-25-18)11-16-14-21-8-7-15(16)12-19(24)23-9-5-4-6-10-23/h13,15-16,21H,4-12,14H2,1-3H3/t15-,16-/m0/s1. The molecule has 3 rings (SSSR count). The molecule has 1 aromatic rings. The van der Waals surface area contributed by atoms with Gasteiger partial charge in [-0.3, -0.25) is 4.79 Å². The van der Waals surface area contributed by atoms with Gasteiger partial charge in [0.05, 0.1) is 5.69 Å². The molecule has 2 atom stereocenters. The maximum atomic E-state index is 12.7. The van der Waals surface area contributed by atoms with Gasteiger partial charge in [0.1, 0.15) is 5.76 Å². The monoisotopic (exact) mass is 347 g/mol. The molecule has 0 spiro atoms. The number of carbonyl (C=O) groups excluding carboxylic acids is 1. The normalized spacial score (nSPS) is 25.2. The molecule has 0 radical (unpaired) electrons. The van der Waals surface area contributed by atoms with Gasteiger partial charge in [-0.15, -0.1) is 0 Å². The molecule has 1 amide bonds. The first kappa shape index (κ1) is 18.4. The Morgan fingerprint density at radius 2 is 2.04 bits per heavy atom. The minimum atomic E-state index is -0.0142. The van der Waals surface area contributed by atoms with Crippen molar-refractivity contribution < 1.29 is 9.32 Å². The molecule has 140 valence electrons. The Morgan fingerprint density at radius 3 is 2.72 bits per heavy atom. The maximum absolute atomic E-state index is 12.7. The van der Waals surface area contributed by atoms with E-state index in [4.69, 9.17) is 4.52 Å². The third-order valence-corrected chi connectivity index (χ3v) is 5.68. The molecule has 3 heterocycles. The molecule has 1 aromatic heterocycles. The molecule has 2 aliphatic rings. The first-order chi connectivity index (χ1) is 11.9. The van der Waals surface area contributed by atoms with Gasteiger partial charge in [0.15, 0.2) is 0 Å². The van der Waals surface area contributed by atoms with Crippen molar-refractivity contribution in [3.05, 3.63) is 17.5 Å². The van der Waals surface area contributed by atoms with Crippen molar-refractivity contribution in [1.29, 1.82) is 0 Å². The SMILES string of the molecule is CC(C)(C)c1cc(C[C@H]2CNCC[C@H]2CC(=O)N2CCCCC2)no1. The Kier molecular flexibility index (Phi) is 5.82. The van der Waals surface area contributed by atoms with Gasteiger partial charge in [-0.1, -0.05) is 25.9 Å². The van der Waals surface area contributed by atoms with Gasteiger partial charge in [-0.25, -0.2) is 0 Å². The number of aromatic nitrogens is 1. The fraction of sp³-hybridized carbons (Fsp3) is 0.800. The highest BCUT2D eigenvalue weighted by molar-refractivity contribution is 5.76. The molecule has 25 heavy (non-hydrogen) atoms. The molecule has 5 heteroatoms. The van der Waals surface area contributed by atoms with Crippen molar-refractivity contribution in [3.8, 4) is 0 Å². The van der Waals surface area contributed by atoms with Crippen LogP contribution in [-0.4, -0.2) is 42.1 Å². The van der Waals surface area contributed by atoms with Gasteiger partial charge in [0.2, 0.25) is 5.91 Å². The molecular formula is C20H33N3O2. The summed E-state index contributed by atoms with van der Waals surface area (Å²) in [4.78, 5) is 14.8. The zero-order chi connectivity index (χ0) is 17.9. The Balaban J connectivity index is 1.60. The fourth-order valence-corrected chi connectivity index (χ4v) is 4.01. The van der Waals surface area contributed by atoms with Crippen LogP contribution in [0.25, 0.3) is 0 Å². The minimum absolute atomic E-state index is 0.0142. The number of nitrogens with zero attached hydrogens (tertiary/aromatic N) is 2. The summed E-state index contributed by atoms with van der Waals surface area (Å²) in [7, 11) is 0. The lowest BCUT2D eigenvalue weighted by molar-refractivity contribution is -0.133. The van der Waals surface area contributed by atoms with Crippen molar-refractivity contribution in [2.75, 3.05) is 26.2 Å². The summed E-state index contributed by atoms with van der Waals surface area (Å²) in [5.41, 5.74) is 1.01. The van der Waals surface area contributed by atoms with Crippen LogP contribution in [-0.2, 0) is 16.6 Å². The number of piperidine rings is 2. The van der Waals surface area contributed by atoms with E-state index in [1.54, 1.807) is 0 Å². The highest BCUT2D eigenvalue weighted by Crippen LogP contribution is 2.29. The largest absolute Gasteiger partial charge is 0.361 e. The lowest BCUT2D eigenvalue weighted by atomic mass is 9.80. The van der Waals surface area contributed by atoms with E-state index in [1.807, 2.05) is 0 Å². The van der Waals surface area contributed by atoms with Crippen LogP contribution in [0.5, 0.6) is 0 Å². The van der Waals surface area contributed by atoms with Crippen LogP contribution in [0.4, 0.5) is 0 Å². The summed E-state index contributed by atoms with van der Waals surface area (Å²) < 4.78 is 5.54. The van der Waals surface area contributed by atoms with Crippen molar-refractivity contribution >= 4 is 5.91 Å². The molecule has 0 aromatic carbocycles. The third kappa shape index (κ3) is 4.84. The first-order valence-electron chi connectivity index (χ1n) is 9.88. The smallest absolute Gasteiger partial charge is 0.222 e. The molecule has 0 saturated carbocycles. The molecule has 1 N–H and O–H groups in total. The van der Waals surface area contributed by atoms with Crippen LogP contribution in [0.15, 0.2) is 10.6 Å². The van der Waals surface area contributed by atoms with Gasteiger partial charge in [0.25, 0.3) is 0 Å². The topological polar surface area (TPSA) is 58.4 Å². The quantitative estimate of drug-likeness (QED) is 0.909. The Hall–Kier alpha value is -1.36. The minimum Gasteiger partial charge on any atom is -0.361 e. The first-order valence-corrected chi connectivity index (χ1v) is 9.88. The van der Waals surface area contributed by atoms with Crippen molar-refractivity contribution in [2.45, 2.75) is 64.7 Å². The molecule has 0 bridgehead atoms. The second kappa shape index (κ2) is 7.90. The van der Waals surface area contributed by atoms with E-state index in [0.717, 1.165) is 63.3 Å². The van der Waals surface area contributed by atoms with Gasteiger partial charge < -0.3 is 14.7 Å². The number of rotatable bonds is 4. The van der Waals surface area contributed by atoms with Gasteiger partial charge >= 0.3 is 0 Å². The number of hydrogen-bond donors (Lipinski definition) is 1. The molecule has 2 fully saturated rings. The van der Waals surface area contributed by atoms with Gasteiger partial charge in [-0.05, 0) is 57.0 Å². The molecular weight excluding hydrogens is 314 g/mol. The van der Waals surface area contributed by atoms with Crippen LogP contribution in [0.3, 0.4) is 0 Å². The summed E-state index contributed by atoms with van der Waals surface area (Å²) in [6, 6.07) is 2.10. The number of amides is 1. The fourth-order valence-electron chi connectivity index (χ4n) is 4.01. The average Bonchev–Trinajstić information content (AvgIpc) is 3.06. The van der Waals surface area contributed by atoms with Gasteiger partial charge in [0, 0.05) is 31.0 Å². The zero-order valence-corrected chi connectivity index (χ0v) is 16.0. The van der Waals surface area contributed by atoms with E-state index in [2.05, 4.69) is 42.2 Å². The van der Waals surface area contributed by atoms with Crippen molar-refractivity contribution in [1.82, 2.24) is 15.4 Å². The maximum Gasteiger partial charge on any atom is 0.222 e. The van der Waals surface area contributed by atoms with Crippen LogP contribution >= 0.6 is 0 Å². The van der Waals surface area contributed by atoms with Gasteiger partial charge in [-0.2, -0.15) is 0 Å². The number of carbonyl (C=O) groups is 1. The molecule has 0 unspecified atom stereocenters. The van der Waals surface area contributed by atoms with Crippen molar-refractivity contribution in [2.24, 2.45) is 11.8 Å². The van der Waals surface area contributed by atoms with E-state index in [0.29, 0.717) is 24.2 Å². The zero-order valence-electron chi connectivity index (χ0n) is 16.0. The van der Waals surface area contributed by atoms with E-state index in [-0.39, 0.29) is 5.41 Å². The molecule has 0 aliphatic carbocycles. The lowest BCUT2D eigenvalue weighted by Gasteiger charge is -2.34. The summed E-state index contributed by atoms with van der Waals surface area (Å²) >= 11 is 0. The Morgan fingerprint density at radius 1 is 1.28 bits per heavy atom. The Labute approximate surface area is 151 Å². The average molecular weight is 348 g/mol. The van der Waals surface area contributed by atoms with Crippen LogP contribution in [0, 0.1) is 11.8 Å². The summed E-state index contributed by atoms with van der Waals surface area (Å²) in [5, 5.41) is 7.77. The van der Waals surface area contributed by atoms with Crippen LogP contribution in [0.1, 0.15) is 64.3 Å². The second-order valence-electron chi connectivity index (χ2n) is 8.80. The second-order valence-corrected chi connectivity index (χ2v) is 8.80. The Bertz CT molecular complexity index is 570. The predicted molar refractivity (Wildman–Crippen MR) is 98.4 cm³/mol. The van der Waals surface area contributed by atoms with Crippen molar-refractivity contribution in [3.63, 3.8) is 0 Å². The van der Waals surface area contributed by atoms with Crippen LogP contribution < -0.4 is 5.32 Å². The lowest BCUT2D eigenvalue weighted by Crippen LogP contribution is -2.42. The molecule has 2 aliphatic heterocycles. The molecule has 2 saturated heterocycles. The number of likely N-dealkylation sites (tertiary alicyclic amines) is 1. The van der Waals surface area contributed by atoms with Crippen LogP contribution in [0.2, 0.25) is 0 Å². The number of nitrogens with one attached hydrogen (secondary N) is 1. The van der Waals surface area contributed by atoms with E-state index in [1.165, 1.54) is 6.42 Å². The number of hydrogen-bond acceptors (Lipinski definition) is 4. The third-order valence-electron chi connectivity index (χ3n) is 5.68. The highest BCUT2D eigenvalue weighted by Gasteiger charge is 2.30. The van der Waals surface area contributed by atoms with E-state index < -0.39 is 0 Å². The molecule has 5 nitrogen and oxygen atoms in total. The summed E-state index contributed by atoms with van der Waals surface area (Å²) in [5.74, 6) is 2.20. The summed E-state index contributed by atoms with van der Waals surface area (Å²) in [6.07, 6.45) is 6.25. The van der Waals surface area contributed by atoms with E-state index in [9.17, 15) is 4.79 Å². The van der Waals surface area contributed by atoms with E-state index >= 15 is 0 Å². The predicted octanol–water partition coefficient (Wildman–Crippen LogP) is 3.14.